The fraction of sp³-hybridized carbons (Fsp3) is 0.304. The zero-order valence-corrected chi connectivity index (χ0v) is 18.2. The van der Waals surface area contributed by atoms with Gasteiger partial charge in [0, 0.05) is 18.2 Å². The first-order chi connectivity index (χ1) is 16.3. The number of rotatable bonds is 8. The van der Waals surface area contributed by atoms with Crippen LogP contribution in [0.1, 0.15) is 51.9 Å². The molecule has 2 N–H and O–H groups in total. The summed E-state index contributed by atoms with van der Waals surface area (Å²) in [5.74, 6) is -0.678. The van der Waals surface area contributed by atoms with Gasteiger partial charge in [-0.15, -0.1) is 5.10 Å². The fourth-order valence-electron chi connectivity index (χ4n) is 3.23. The van der Waals surface area contributed by atoms with Gasteiger partial charge in [0.2, 0.25) is 0 Å². The quantitative estimate of drug-likeness (QED) is 0.522. The van der Waals surface area contributed by atoms with Crippen LogP contribution in [0.25, 0.3) is 5.69 Å². The molecule has 1 fully saturated rings. The lowest BCUT2D eigenvalue weighted by molar-refractivity contribution is -0.137. The van der Waals surface area contributed by atoms with Crippen molar-refractivity contribution < 1.29 is 27.5 Å². The normalized spacial score (nSPS) is 13.4. The molecule has 34 heavy (non-hydrogen) atoms. The van der Waals surface area contributed by atoms with Crippen LogP contribution in [0.3, 0.4) is 0 Å². The summed E-state index contributed by atoms with van der Waals surface area (Å²) in [6.45, 7) is 2.05. The lowest BCUT2D eigenvalue weighted by Crippen LogP contribution is -2.27. The number of nitrogens with one attached hydrogen (secondary N) is 2. The monoisotopic (exact) mass is 473 g/mol. The second kappa shape index (κ2) is 9.54. The van der Waals surface area contributed by atoms with Crippen molar-refractivity contribution in [1.82, 2.24) is 25.6 Å². The van der Waals surface area contributed by atoms with Crippen molar-refractivity contribution in [1.29, 1.82) is 0 Å². The van der Waals surface area contributed by atoms with E-state index in [-0.39, 0.29) is 35.7 Å². The third kappa shape index (κ3) is 5.36. The third-order valence-electron chi connectivity index (χ3n) is 5.14. The molecule has 2 amide bonds. The minimum atomic E-state index is -4.51. The Labute approximate surface area is 193 Å². The number of halogens is 3. The van der Waals surface area contributed by atoms with Gasteiger partial charge >= 0.3 is 6.18 Å². The van der Waals surface area contributed by atoms with Crippen LogP contribution in [0.5, 0.6) is 5.75 Å². The first kappa shape index (κ1) is 23.3. The number of amides is 2. The van der Waals surface area contributed by atoms with Gasteiger partial charge in [-0.25, -0.2) is 4.68 Å². The Morgan fingerprint density at radius 2 is 1.85 bits per heavy atom. The Morgan fingerprint density at radius 1 is 1.12 bits per heavy atom. The van der Waals surface area contributed by atoms with E-state index in [2.05, 4.69) is 20.9 Å². The molecule has 178 valence electrons. The van der Waals surface area contributed by atoms with E-state index in [1.165, 1.54) is 16.8 Å². The highest BCUT2D eigenvalue weighted by molar-refractivity contribution is 5.94. The Kier molecular flexibility index (Phi) is 6.53. The van der Waals surface area contributed by atoms with Crippen LogP contribution >= 0.6 is 0 Å². The molecular weight excluding hydrogens is 451 g/mol. The number of hydrogen-bond donors (Lipinski definition) is 2. The smallest absolute Gasteiger partial charge is 0.416 e. The van der Waals surface area contributed by atoms with Crippen molar-refractivity contribution in [2.75, 3.05) is 6.54 Å². The molecule has 1 saturated carbocycles. The Balaban J connectivity index is 1.62. The van der Waals surface area contributed by atoms with E-state index in [4.69, 9.17) is 4.74 Å². The Morgan fingerprint density at radius 3 is 2.50 bits per heavy atom. The van der Waals surface area contributed by atoms with Gasteiger partial charge in [-0.2, -0.15) is 13.2 Å². The lowest BCUT2D eigenvalue weighted by Gasteiger charge is -2.12. The average Bonchev–Trinajstić information content (AvgIpc) is 3.52. The first-order valence-corrected chi connectivity index (χ1v) is 10.7. The highest BCUT2D eigenvalue weighted by Gasteiger charge is 2.31. The van der Waals surface area contributed by atoms with Crippen LogP contribution in [0.15, 0.2) is 48.5 Å². The molecule has 2 aromatic carbocycles. The molecule has 0 saturated heterocycles. The number of nitrogens with zero attached hydrogens (tertiary/aromatic N) is 3. The van der Waals surface area contributed by atoms with E-state index >= 15 is 0 Å². The van der Waals surface area contributed by atoms with Crippen LogP contribution in [-0.2, 0) is 12.8 Å². The summed E-state index contributed by atoms with van der Waals surface area (Å²) in [4.78, 5) is 24.7. The largest absolute Gasteiger partial charge is 0.487 e. The zero-order chi connectivity index (χ0) is 24.3. The van der Waals surface area contributed by atoms with Crippen molar-refractivity contribution in [3.05, 3.63) is 71.0 Å². The summed E-state index contributed by atoms with van der Waals surface area (Å²) >= 11 is 0. The molecule has 0 radical (unpaired) electrons. The molecule has 0 atom stereocenters. The molecule has 11 heteroatoms. The molecule has 8 nitrogen and oxygen atoms in total. The summed E-state index contributed by atoms with van der Waals surface area (Å²) in [5.41, 5.74) is 0.394. The van der Waals surface area contributed by atoms with Gasteiger partial charge < -0.3 is 15.4 Å². The maximum Gasteiger partial charge on any atom is 0.416 e. The highest BCUT2D eigenvalue weighted by Crippen LogP contribution is 2.31. The van der Waals surface area contributed by atoms with Gasteiger partial charge in [-0.3, -0.25) is 9.59 Å². The van der Waals surface area contributed by atoms with Crippen LogP contribution in [0.2, 0.25) is 0 Å². The molecule has 0 spiro atoms. The molecule has 4 rings (SSSR count). The van der Waals surface area contributed by atoms with E-state index < -0.39 is 17.6 Å². The van der Waals surface area contributed by atoms with E-state index in [1.807, 2.05) is 6.92 Å². The summed E-state index contributed by atoms with van der Waals surface area (Å²) < 4.78 is 46.1. The van der Waals surface area contributed by atoms with E-state index in [9.17, 15) is 22.8 Å². The molecule has 1 aromatic heterocycles. The molecular formula is C23H22F3N5O3. The van der Waals surface area contributed by atoms with Crippen molar-refractivity contribution in [2.45, 2.75) is 38.6 Å². The Hall–Kier alpha value is -3.89. The van der Waals surface area contributed by atoms with Crippen LogP contribution in [0, 0.1) is 0 Å². The molecule has 0 aliphatic heterocycles. The maximum absolute atomic E-state index is 13.0. The number of carbonyl (C=O) groups is 2. The molecule has 0 unspecified atom stereocenters. The van der Waals surface area contributed by atoms with Gasteiger partial charge in [0.05, 0.1) is 11.3 Å². The molecule has 1 heterocycles. The van der Waals surface area contributed by atoms with E-state index in [0.717, 1.165) is 25.0 Å². The predicted octanol–water partition coefficient (Wildman–Crippen LogP) is 3.51. The van der Waals surface area contributed by atoms with Gasteiger partial charge in [0.15, 0.2) is 5.69 Å². The number of carbonyl (C=O) groups excluding carboxylic acids is 2. The average molecular weight is 473 g/mol. The van der Waals surface area contributed by atoms with Gasteiger partial charge in [0.25, 0.3) is 11.8 Å². The second-order valence-electron chi connectivity index (χ2n) is 7.76. The first-order valence-electron chi connectivity index (χ1n) is 10.7. The summed E-state index contributed by atoms with van der Waals surface area (Å²) in [6, 6.07) is 11.0. The molecule has 1 aliphatic rings. The van der Waals surface area contributed by atoms with E-state index in [0.29, 0.717) is 17.8 Å². The van der Waals surface area contributed by atoms with Crippen LogP contribution in [0.4, 0.5) is 13.2 Å². The number of alkyl halides is 3. The fourth-order valence-corrected chi connectivity index (χ4v) is 3.23. The highest BCUT2D eigenvalue weighted by atomic mass is 19.4. The molecule has 0 bridgehead atoms. The van der Waals surface area contributed by atoms with Gasteiger partial charge in [-0.1, -0.05) is 11.3 Å². The topological polar surface area (TPSA) is 98.1 Å². The van der Waals surface area contributed by atoms with Crippen molar-refractivity contribution in [2.24, 2.45) is 0 Å². The molecule has 1 aliphatic carbocycles. The summed E-state index contributed by atoms with van der Waals surface area (Å²) in [6.07, 6.45) is -2.77. The lowest BCUT2D eigenvalue weighted by atomic mass is 10.2. The summed E-state index contributed by atoms with van der Waals surface area (Å²) in [7, 11) is 0. The van der Waals surface area contributed by atoms with Crippen LogP contribution < -0.4 is 15.4 Å². The number of ether oxygens (including phenoxy) is 1. The van der Waals surface area contributed by atoms with Crippen molar-refractivity contribution >= 4 is 11.8 Å². The van der Waals surface area contributed by atoms with E-state index in [1.54, 1.807) is 24.3 Å². The van der Waals surface area contributed by atoms with Gasteiger partial charge in [-0.05, 0) is 62.2 Å². The third-order valence-corrected chi connectivity index (χ3v) is 5.14. The Bertz CT molecular complexity index is 1190. The van der Waals surface area contributed by atoms with Crippen LogP contribution in [-0.4, -0.2) is 39.4 Å². The molecule has 3 aromatic rings. The summed E-state index contributed by atoms with van der Waals surface area (Å²) in [5, 5.41) is 13.6. The zero-order valence-electron chi connectivity index (χ0n) is 18.2. The predicted molar refractivity (Wildman–Crippen MR) is 116 cm³/mol. The number of hydrogen-bond acceptors (Lipinski definition) is 5. The van der Waals surface area contributed by atoms with Crippen molar-refractivity contribution in [3.63, 3.8) is 0 Å². The maximum atomic E-state index is 13.0. The van der Waals surface area contributed by atoms with Crippen molar-refractivity contribution in [3.8, 4) is 11.4 Å². The number of aromatic nitrogens is 3. The number of benzene rings is 2. The second-order valence-corrected chi connectivity index (χ2v) is 7.76. The van der Waals surface area contributed by atoms with Gasteiger partial charge in [0.1, 0.15) is 18.1 Å². The minimum absolute atomic E-state index is 0.0114. The standard InChI is InChI=1S/C23H22F3N5O3/c1-2-27-21(32)14-6-10-17(11-7-14)31-19(20(29-30-31)22(33)28-16-8-9-16)13-34-18-5-3-4-15(12-18)23(24,25)26/h3-7,10-12,16H,2,8-9,13H2,1H3,(H,27,32)(H,28,33). The minimum Gasteiger partial charge on any atom is -0.487 e. The SMILES string of the molecule is CCNC(=O)c1ccc(-n2nnc(C(=O)NC3CC3)c2COc2cccc(C(F)(F)F)c2)cc1.